The largest absolute Gasteiger partial charge is 0.372 e. The van der Waals surface area contributed by atoms with Crippen LogP contribution in [0.15, 0.2) is 42.5 Å². The Bertz CT molecular complexity index is 825. The predicted octanol–water partition coefficient (Wildman–Crippen LogP) is 4.87. The fourth-order valence-electron chi connectivity index (χ4n) is 3.12. The summed E-state index contributed by atoms with van der Waals surface area (Å²) in [5.41, 5.74) is 4.05. The number of carbonyl (C=O) groups is 2. The first-order chi connectivity index (χ1) is 13.8. The number of carbonyl (C=O) groups excluding carboxylic acids is 2. The van der Waals surface area contributed by atoms with Gasteiger partial charge in [-0.15, -0.1) is 0 Å². The van der Waals surface area contributed by atoms with Gasteiger partial charge < -0.3 is 15.5 Å². The summed E-state index contributed by atoms with van der Waals surface area (Å²) < 4.78 is 0. The molecule has 2 aromatic carbocycles. The molecule has 5 nitrogen and oxygen atoms in total. The molecule has 0 aliphatic heterocycles. The maximum Gasteiger partial charge on any atom is 0.255 e. The van der Waals surface area contributed by atoms with E-state index >= 15 is 0 Å². The molecule has 0 heterocycles. The van der Waals surface area contributed by atoms with Gasteiger partial charge in [0.15, 0.2) is 0 Å². The van der Waals surface area contributed by atoms with E-state index in [1.807, 2.05) is 19.1 Å². The van der Waals surface area contributed by atoms with Crippen molar-refractivity contribution in [1.82, 2.24) is 5.32 Å². The lowest BCUT2D eigenvalue weighted by Gasteiger charge is -2.22. The normalized spacial score (nSPS) is 10.7. The standard InChI is InChI=1S/C24H33N3O2/c1-6-27(7-2)21-12-13-22(18(5)16-21)26-24(29)20-10-8-19(9-11-20)23(28)25-15-14-17(3)4/h8-13,16-17H,6-7,14-15H2,1-5H3,(H,25,28)(H,26,29). The van der Waals surface area contributed by atoms with Crippen molar-refractivity contribution >= 4 is 23.2 Å². The Labute approximate surface area is 174 Å². The van der Waals surface area contributed by atoms with Crippen LogP contribution in [0.3, 0.4) is 0 Å². The summed E-state index contributed by atoms with van der Waals surface area (Å²) in [6.07, 6.45) is 0.943. The molecule has 0 unspecified atom stereocenters. The Kier molecular flexibility index (Phi) is 8.25. The summed E-state index contributed by atoms with van der Waals surface area (Å²) in [5.74, 6) is 0.252. The zero-order valence-corrected chi connectivity index (χ0v) is 18.2. The first kappa shape index (κ1) is 22.5. The summed E-state index contributed by atoms with van der Waals surface area (Å²) in [4.78, 5) is 27.0. The summed E-state index contributed by atoms with van der Waals surface area (Å²) >= 11 is 0. The van der Waals surface area contributed by atoms with Gasteiger partial charge in [-0.2, -0.15) is 0 Å². The molecule has 0 fully saturated rings. The zero-order valence-electron chi connectivity index (χ0n) is 18.2. The number of amides is 2. The summed E-state index contributed by atoms with van der Waals surface area (Å²) in [6.45, 7) is 13.0. The molecule has 0 atom stereocenters. The minimum absolute atomic E-state index is 0.111. The van der Waals surface area contributed by atoms with Crippen LogP contribution in [0.25, 0.3) is 0 Å². The van der Waals surface area contributed by atoms with Crippen molar-refractivity contribution in [3.05, 3.63) is 59.2 Å². The van der Waals surface area contributed by atoms with Crippen LogP contribution >= 0.6 is 0 Å². The van der Waals surface area contributed by atoms with Crippen molar-refractivity contribution in [2.45, 2.75) is 41.0 Å². The molecule has 2 rings (SSSR count). The van der Waals surface area contributed by atoms with Gasteiger partial charge in [0.05, 0.1) is 0 Å². The van der Waals surface area contributed by atoms with Gasteiger partial charge in [-0.1, -0.05) is 13.8 Å². The number of anilines is 2. The maximum atomic E-state index is 12.6. The van der Waals surface area contributed by atoms with Crippen LogP contribution in [-0.4, -0.2) is 31.4 Å². The summed E-state index contributed by atoms with van der Waals surface area (Å²) in [6, 6.07) is 12.8. The lowest BCUT2D eigenvalue weighted by Crippen LogP contribution is -2.25. The quantitative estimate of drug-likeness (QED) is 0.637. The van der Waals surface area contributed by atoms with E-state index < -0.39 is 0 Å². The molecule has 0 aromatic heterocycles. The number of hydrogen-bond acceptors (Lipinski definition) is 3. The summed E-state index contributed by atoms with van der Waals surface area (Å²) in [7, 11) is 0. The topological polar surface area (TPSA) is 61.4 Å². The van der Waals surface area contributed by atoms with E-state index in [-0.39, 0.29) is 11.8 Å². The van der Waals surface area contributed by atoms with Crippen molar-refractivity contribution in [1.29, 1.82) is 0 Å². The Hall–Kier alpha value is -2.82. The highest BCUT2D eigenvalue weighted by molar-refractivity contribution is 6.05. The number of aryl methyl sites for hydroxylation is 1. The van der Waals surface area contributed by atoms with Crippen LogP contribution in [0.2, 0.25) is 0 Å². The molecule has 0 aliphatic rings. The molecule has 29 heavy (non-hydrogen) atoms. The van der Waals surface area contributed by atoms with Gasteiger partial charge in [0, 0.05) is 42.1 Å². The molecule has 0 saturated heterocycles. The molecular formula is C24H33N3O2. The van der Waals surface area contributed by atoms with Crippen molar-refractivity contribution < 1.29 is 9.59 Å². The Morgan fingerprint density at radius 2 is 1.52 bits per heavy atom. The van der Waals surface area contributed by atoms with Gasteiger partial charge in [-0.3, -0.25) is 9.59 Å². The molecule has 156 valence electrons. The van der Waals surface area contributed by atoms with Crippen LogP contribution in [-0.2, 0) is 0 Å². The Morgan fingerprint density at radius 3 is 2.03 bits per heavy atom. The van der Waals surface area contributed by atoms with Gasteiger partial charge in [0.1, 0.15) is 0 Å². The number of rotatable bonds is 9. The molecule has 0 bridgehead atoms. The van der Waals surface area contributed by atoms with E-state index in [0.717, 1.165) is 36.4 Å². The Morgan fingerprint density at radius 1 is 0.931 bits per heavy atom. The van der Waals surface area contributed by atoms with E-state index in [9.17, 15) is 9.59 Å². The molecule has 2 amide bonds. The highest BCUT2D eigenvalue weighted by Crippen LogP contribution is 2.23. The van der Waals surface area contributed by atoms with Crippen LogP contribution in [0, 0.1) is 12.8 Å². The lowest BCUT2D eigenvalue weighted by molar-refractivity contribution is 0.0950. The number of nitrogens with zero attached hydrogens (tertiary/aromatic N) is 1. The van der Waals surface area contributed by atoms with Crippen LogP contribution in [0.5, 0.6) is 0 Å². The van der Waals surface area contributed by atoms with Crippen molar-refractivity contribution in [3.8, 4) is 0 Å². The van der Waals surface area contributed by atoms with Gasteiger partial charge in [-0.05, 0) is 81.1 Å². The molecule has 0 aliphatic carbocycles. The Balaban J connectivity index is 2.01. The zero-order chi connectivity index (χ0) is 21.4. The van der Waals surface area contributed by atoms with Crippen molar-refractivity contribution in [2.75, 3.05) is 29.9 Å². The second kappa shape index (κ2) is 10.6. The minimum atomic E-state index is -0.185. The highest BCUT2D eigenvalue weighted by atomic mass is 16.2. The van der Waals surface area contributed by atoms with Gasteiger partial charge in [0.25, 0.3) is 11.8 Å². The third-order valence-corrected chi connectivity index (χ3v) is 5.00. The monoisotopic (exact) mass is 395 g/mol. The molecule has 0 spiro atoms. The minimum Gasteiger partial charge on any atom is -0.372 e. The third-order valence-electron chi connectivity index (χ3n) is 5.00. The molecule has 2 N–H and O–H groups in total. The second-order valence-electron chi connectivity index (χ2n) is 7.64. The van der Waals surface area contributed by atoms with Crippen LogP contribution in [0.1, 0.15) is 60.4 Å². The van der Waals surface area contributed by atoms with Crippen LogP contribution in [0.4, 0.5) is 11.4 Å². The molecule has 5 heteroatoms. The van der Waals surface area contributed by atoms with E-state index in [1.54, 1.807) is 24.3 Å². The number of hydrogen-bond donors (Lipinski definition) is 2. The smallest absolute Gasteiger partial charge is 0.255 e. The highest BCUT2D eigenvalue weighted by Gasteiger charge is 2.11. The molecule has 0 saturated carbocycles. The first-order valence-corrected chi connectivity index (χ1v) is 10.4. The van der Waals surface area contributed by atoms with Gasteiger partial charge in [0.2, 0.25) is 0 Å². The van der Waals surface area contributed by atoms with Crippen LogP contribution < -0.4 is 15.5 Å². The van der Waals surface area contributed by atoms with E-state index in [1.165, 1.54) is 0 Å². The second-order valence-corrected chi connectivity index (χ2v) is 7.64. The van der Waals surface area contributed by atoms with Gasteiger partial charge in [-0.25, -0.2) is 0 Å². The molecule has 0 radical (unpaired) electrons. The van der Waals surface area contributed by atoms with E-state index in [4.69, 9.17) is 0 Å². The number of nitrogens with one attached hydrogen (secondary N) is 2. The predicted molar refractivity (Wildman–Crippen MR) is 121 cm³/mol. The fourth-order valence-corrected chi connectivity index (χ4v) is 3.12. The fraction of sp³-hybridized carbons (Fsp3) is 0.417. The summed E-state index contributed by atoms with van der Waals surface area (Å²) in [5, 5.41) is 5.87. The average molecular weight is 396 g/mol. The van der Waals surface area contributed by atoms with Crippen molar-refractivity contribution in [3.63, 3.8) is 0 Å². The van der Waals surface area contributed by atoms with E-state index in [0.29, 0.717) is 23.6 Å². The first-order valence-electron chi connectivity index (χ1n) is 10.4. The number of benzene rings is 2. The SMILES string of the molecule is CCN(CC)c1ccc(NC(=O)c2ccc(C(=O)NCCC(C)C)cc2)c(C)c1. The van der Waals surface area contributed by atoms with Crippen molar-refractivity contribution in [2.24, 2.45) is 5.92 Å². The average Bonchev–Trinajstić information content (AvgIpc) is 2.70. The van der Waals surface area contributed by atoms with Gasteiger partial charge >= 0.3 is 0 Å². The molecular weight excluding hydrogens is 362 g/mol. The molecule has 2 aromatic rings. The van der Waals surface area contributed by atoms with E-state index in [2.05, 4.69) is 49.3 Å². The third kappa shape index (κ3) is 6.34. The maximum absolute atomic E-state index is 12.6. The lowest BCUT2D eigenvalue weighted by atomic mass is 10.1.